The predicted octanol–water partition coefficient (Wildman–Crippen LogP) is 1.68. The number of halogens is 1. The van der Waals surface area contributed by atoms with Crippen LogP contribution >= 0.6 is 0 Å². The van der Waals surface area contributed by atoms with E-state index in [2.05, 4.69) is 14.9 Å². The van der Waals surface area contributed by atoms with Crippen molar-refractivity contribution in [3.8, 4) is 5.75 Å². The summed E-state index contributed by atoms with van der Waals surface area (Å²) in [5, 5.41) is 7.23. The van der Waals surface area contributed by atoms with Crippen LogP contribution in [0.3, 0.4) is 0 Å². The maximum Gasteiger partial charge on any atom is 0.145 e. The zero-order chi connectivity index (χ0) is 11.5. The summed E-state index contributed by atoms with van der Waals surface area (Å²) in [7, 11) is 0. The molecular formula is C10H10FN3O2. The Morgan fingerprint density at radius 1 is 1.44 bits per heavy atom. The van der Waals surface area contributed by atoms with Crippen LogP contribution in [0.1, 0.15) is 11.4 Å². The minimum Gasteiger partial charge on any atom is -0.485 e. The Bertz CT molecular complexity index is 499. The minimum atomic E-state index is -0.404. The molecule has 0 radical (unpaired) electrons. The second-order valence-electron chi connectivity index (χ2n) is 3.27. The summed E-state index contributed by atoms with van der Waals surface area (Å²) in [6.45, 7) is 1.88. The summed E-state index contributed by atoms with van der Waals surface area (Å²) in [4.78, 5) is 0. The summed E-state index contributed by atoms with van der Waals surface area (Å²) < 4.78 is 22.7. The zero-order valence-electron chi connectivity index (χ0n) is 8.61. The van der Waals surface area contributed by atoms with E-state index in [-0.39, 0.29) is 12.4 Å². The minimum absolute atomic E-state index is 0.142. The molecule has 2 rings (SSSR count). The second kappa shape index (κ2) is 4.18. The SMILES string of the molecule is Cc1nonc1COc1cc(F)ccc1N. The molecule has 1 aromatic carbocycles. The van der Waals surface area contributed by atoms with Gasteiger partial charge in [-0.3, -0.25) is 0 Å². The van der Waals surface area contributed by atoms with Crippen LogP contribution < -0.4 is 10.5 Å². The summed E-state index contributed by atoms with van der Waals surface area (Å²) in [5.74, 6) is -0.124. The highest BCUT2D eigenvalue weighted by atomic mass is 19.1. The lowest BCUT2D eigenvalue weighted by Crippen LogP contribution is -2.00. The van der Waals surface area contributed by atoms with Crippen molar-refractivity contribution in [2.24, 2.45) is 0 Å². The average molecular weight is 223 g/mol. The third-order valence-corrected chi connectivity index (χ3v) is 2.09. The first-order valence-corrected chi connectivity index (χ1v) is 4.62. The van der Waals surface area contributed by atoms with Crippen molar-refractivity contribution in [1.82, 2.24) is 10.3 Å². The number of hydrogen-bond donors (Lipinski definition) is 1. The van der Waals surface area contributed by atoms with Gasteiger partial charge in [0.25, 0.3) is 0 Å². The van der Waals surface area contributed by atoms with E-state index in [1.54, 1.807) is 6.92 Å². The predicted molar refractivity (Wildman–Crippen MR) is 54.2 cm³/mol. The number of aromatic nitrogens is 2. The van der Waals surface area contributed by atoms with Crippen LogP contribution in [0, 0.1) is 12.7 Å². The lowest BCUT2D eigenvalue weighted by molar-refractivity contribution is 0.270. The third-order valence-electron chi connectivity index (χ3n) is 2.09. The number of nitrogens with zero attached hydrogens (tertiary/aromatic N) is 2. The molecule has 0 amide bonds. The summed E-state index contributed by atoms with van der Waals surface area (Å²) in [5.41, 5.74) is 7.18. The molecular weight excluding hydrogens is 213 g/mol. The van der Waals surface area contributed by atoms with Gasteiger partial charge in [-0.15, -0.1) is 0 Å². The summed E-state index contributed by atoms with van der Waals surface area (Å²) in [6, 6.07) is 3.93. The molecule has 2 aromatic rings. The van der Waals surface area contributed by atoms with Crippen LogP contribution in [0.25, 0.3) is 0 Å². The fraction of sp³-hybridized carbons (Fsp3) is 0.200. The largest absolute Gasteiger partial charge is 0.485 e. The molecule has 0 fully saturated rings. The molecule has 2 N–H and O–H groups in total. The molecule has 1 heterocycles. The number of anilines is 1. The van der Waals surface area contributed by atoms with E-state index in [0.717, 1.165) is 0 Å². The molecule has 84 valence electrons. The first-order chi connectivity index (χ1) is 7.66. The monoisotopic (exact) mass is 223 g/mol. The number of nitrogen functional groups attached to an aromatic ring is 1. The van der Waals surface area contributed by atoms with Gasteiger partial charge in [-0.1, -0.05) is 10.3 Å². The Hall–Kier alpha value is -2.11. The van der Waals surface area contributed by atoms with Crippen molar-refractivity contribution in [3.05, 3.63) is 35.4 Å². The number of hydrogen-bond acceptors (Lipinski definition) is 5. The van der Waals surface area contributed by atoms with Crippen LogP contribution in [0.2, 0.25) is 0 Å². The fourth-order valence-electron chi connectivity index (χ4n) is 1.16. The standard InChI is InChI=1S/C10H10FN3O2/c1-6-9(14-16-13-6)5-15-10-4-7(11)2-3-8(10)12/h2-4H,5,12H2,1H3. The van der Waals surface area contributed by atoms with Gasteiger partial charge in [0, 0.05) is 6.07 Å². The summed E-state index contributed by atoms with van der Waals surface area (Å²) >= 11 is 0. The molecule has 0 saturated carbocycles. The smallest absolute Gasteiger partial charge is 0.145 e. The molecule has 0 spiro atoms. The van der Waals surface area contributed by atoms with Crippen molar-refractivity contribution in [3.63, 3.8) is 0 Å². The van der Waals surface area contributed by atoms with Crippen LogP contribution in [-0.2, 0) is 6.61 Å². The Morgan fingerprint density at radius 2 is 2.25 bits per heavy atom. The maximum absolute atomic E-state index is 12.9. The van der Waals surface area contributed by atoms with Gasteiger partial charge >= 0.3 is 0 Å². The molecule has 0 aliphatic heterocycles. The molecule has 0 unspecified atom stereocenters. The van der Waals surface area contributed by atoms with Crippen LogP contribution in [0.5, 0.6) is 5.75 Å². The number of rotatable bonds is 3. The van der Waals surface area contributed by atoms with Crippen molar-refractivity contribution < 1.29 is 13.8 Å². The molecule has 0 aliphatic carbocycles. The van der Waals surface area contributed by atoms with Crippen LogP contribution in [0.4, 0.5) is 10.1 Å². The van der Waals surface area contributed by atoms with Gasteiger partial charge in [-0.25, -0.2) is 9.02 Å². The van der Waals surface area contributed by atoms with Crippen LogP contribution in [0.15, 0.2) is 22.8 Å². The Morgan fingerprint density at radius 3 is 2.94 bits per heavy atom. The lowest BCUT2D eigenvalue weighted by Gasteiger charge is -2.06. The van der Waals surface area contributed by atoms with E-state index < -0.39 is 5.82 Å². The van der Waals surface area contributed by atoms with E-state index in [1.807, 2.05) is 0 Å². The number of benzene rings is 1. The van der Waals surface area contributed by atoms with Crippen molar-refractivity contribution in [1.29, 1.82) is 0 Å². The zero-order valence-corrected chi connectivity index (χ0v) is 8.61. The van der Waals surface area contributed by atoms with Gasteiger partial charge in [0.15, 0.2) is 0 Å². The highest BCUT2D eigenvalue weighted by Crippen LogP contribution is 2.23. The number of nitrogens with two attached hydrogens (primary N) is 1. The van der Waals surface area contributed by atoms with E-state index in [0.29, 0.717) is 17.1 Å². The van der Waals surface area contributed by atoms with Gasteiger partial charge < -0.3 is 10.5 Å². The second-order valence-corrected chi connectivity index (χ2v) is 3.27. The molecule has 16 heavy (non-hydrogen) atoms. The molecule has 0 bridgehead atoms. The molecule has 1 aromatic heterocycles. The Balaban J connectivity index is 2.10. The van der Waals surface area contributed by atoms with Gasteiger partial charge in [0.05, 0.1) is 5.69 Å². The van der Waals surface area contributed by atoms with Crippen molar-refractivity contribution in [2.45, 2.75) is 13.5 Å². The quantitative estimate of drug-likeness (QED) is 0.801. The van der Waals surface area contributed by atoms with Crippen molar-refractivity contribution in [2.75, 3.05) is 5.73 Å². The molecule has 0 saturated heterocycles. The molecule has 5 nitrogen and oxygen atoms in total. The van der Waals surface area contributed by atoms with E-state index >= 15 is 0 Å². The fourth-order valence-corrected chi connectivity index (χ4v) is 1.16. The Kier molecular flexibility index (Phi) is 2.72. The van der Waals surface area contributed by atoms with E-state index in [4.69, 9.17) is 10.5 Å². The Labute approximate surface area is 91.0 Å². The van der Waals surface area contributed by atoms with E-state index in [1.165, 1.54) is 18.2 Å². The van der Waals surface area contributed by atoms with E-state index in [9.17, 15) is 4.39 Å². The van der Waals surface area contributed by atoms with Gasteiger partial charge in [-0.05, 0) is 19.1 Å². The topological polar surface area (TPSA) is 74.2 Å². The molecule has 6 heteroatoms. The normalized spacial score (nSPS) is 10.4. The maximum atomic E-state index is 12.9. The molecule has 0 aliphatic rings. The first-order valence-electron chi connectivity index (χ1n) is 4.62. The number of ether oxygens (including phenoxy) is 1. The number of aryl methyl sites for hydroxylation is 1. The van der Waals surface area contributed by atoms with Crippen molar-refractivity contribution >= 4 is 5.69 Å². The highest BCUT2D eigenvalue weighted by Gasteiger charge is 2.08. The first kappa shape index (κ1) is 10.4. The lowest BCUT2D eigenvalue weighted by atomic mass is 10.3. The van der Waals surface area contributed by atoms with Gasteiger partial charge in [0.1, 0.15) is 29.6 Å². The van der Waals surface area contributed by atoms with Crippen LogP contribution in [-0.4, -0.2) is 10.3 Å². The third kappa shape index (κ3) is 2.10. The summed E-state index contributed by atoms with van der Waals surface area (Å²) in [6.07, 6.45) is 0. The average Bonchev–Trinajstić information content (AvgIpc) is 2.66. The molecule has 0 atom stereocenters. The highest BCUT2D eigenvalue weighted by molar-refractivity contribution is 5.52. The van der Waals surface area contributed by atoms with Gasteiger partial charge in [-0.2, -0.15) is 0 Å². The van der Waals surface area contributed by atoms with Gasteiger partial charge in [0.2, 0.25) is 0 Å².